The number of hydrogen-bond acceptors (Lipinski definition) is 5. The van der Waals surface area contributed by atoms with Gasteiger partial charge in [0.25, 0.3) is 0 Å². The van der Waals surface area contributed by atoms with E-state index in [9.17, 15) is 8.42 Å². The zero-order valence-corrected chi connectivity index (χ0v) is 17.7. The van der Waals surface area contributed by atoms with Crippen molar-refractivity contribution in [1.29, 1.82) is 0 Å². The van der Waals surface area contributed by atoms with Crippen LogP contribution in [0.25, 0.3) is 20.8 Å². The van der Waals surface area contributed by atoms with Crippen molar-refractivity contribution in [3.8, 4) is 10.6 Å². The molecule has 0 unspecified atom stereocenters. The summed E-state index contributed by atoms with van der Waals surface area (Å²) in [5.74, 6) is 0.524. The molecule has 0 amide bonds. The fourth-order valence-corrected chi connectivity index (χ4v) is 6.62. The summed E-state index contributed by atoms with van der Waals surface area (Å²) >= 11 is 7.86. The highest BCUT2D eigenvalue weighted by molar-refractivity contribution is 7.91. The normalized spacial score (nSPS) is 18.7. The van der Waals surface area contributed by atoms with E-state index >= 15 is 0 Å². The number of sulfone groups is 1. The van der Waals surface area contributed by atoms with Gasteiger partial charge in [-0.05, 0) is 24.1 Å². The van der Waals surface area contributed by atoms with Crippen LogP contribution >= 0.6 is 22.9 Å². The molecule has 1 atom stereocenters. The number of halogens is 1. The largest absolute Gasteiger partial charge is 0.291 e. The predicted molar refractivity (Wildman–Crippen MR) is 118 cm³/mol. The van der Waals surface area contributed by atoms with Gasteiger partial charge in [-0.3, -0.25) is 4.90 Å². The first-order valence-electron chi connectivity index (χ1n) is 9.15. The highest BCUT2D eigenvalue weighted by Gasteiger charge is 2.31. The third-order valence-corrected chi connectivity index (χ3v) is 8.37. The molecule has 2 heterocycles. The number of benzene rings is 2. The van der Waals surface area contributed by atoms with E-state index in [1.165, 1.54) is 0 Å². The summed E-state index contributed by atoms with van der Waals surface area (Å²) in [6.45, 7) is 5.21. The number of rotatable bonds is 6. The minimum absolute atomic E-state index is 0.0640. The topological polar surface area (TPSA) is 50.3 Å². The Morgan fingerprint density at radius 1 is 1.25 bits per heavy atom. The lowest BCUT2D eigenvalue weighted by molar-refractivity contribution is 0.227. The Hall–Kier alpha value is -1.73. The van der Waals surface area contributed by atoms with Crippen LogP contribution in [0.15, 0.2) is 55.1 Å². The second kappa shape index (κ2) is 7.95. The standard InChI is InChI=1S/C21H21ClN2O2S2/c1-2-11-24(17-10-12-28(25,26)14-17)13-15-6-8-16(9-7-15)21-23-19-5-3-4-18(22)20(19)27-21/h2-9,17H,1,10-14H2/t17-/m1/s1. The maximum absolute atomic E-state index is 11.8. The Balaban J connectivity index is 1.53. The second-order valence-electron chi connectivity index (χ2n) is 7.08. The Bertz CT molecular complexity index is 1110. The molecular weight excluding hydrogens is 412 g/mol. The molecule has 0 N–H and O–H groups in total. The molecule has 3 aromatic rings. The molecule has 1 aliphatic heterocycles. The molecule has 0 radical (unpaired) electrons. The highest BCUT2D eigenvalue weighted by Crippen LogP contribution is 2.34. The van der Waals surface area contributed by atoms with Crippen molar-refractivity contribution in [3.63, 3.8) is 0 Å². The SMILES string of the molecule is C=CCN(Cc1ccc(-c2nc3cccc(Cl)c3s2)cc1)[C@@H]1CCS(=O)(=O)C1. The number of hydrogen-bond donors (Lipinski definition) is 0. The Morgan fingerprint density at radius 2 is 2.04 bits per heavy atom. The van der Waals surface area contributed by atoms with E-state index < -0.39 is 9.84 Å². The van der Waals surface area contributed by atoms with Crippen LogP contribution in [0.1, 0.15) is 12.0 Å². The predicted octanol–water partition coefficient (Wildman–Crippen LogP) is 4.79. The van der Waals surface area contributed by atoms with E-state index in [0.29, 0.717) is 19.5 Å². The summed E-state index contributed by atoms with van der Waals surface area (Å²) in [7, 11) is -2.90. The molecule has 1 aromatic heterocycles. The van der Waals surface area contributed by atoms with Crippen molar-refractivity contribution in [2.24, 2.45) is 0 Å². The second-order valence-corrected chi connectivity index (χ2v) is 10.7. The van der Waals surface area contributed by atoms with Gasteiger partial charge in [0.2, 0.25) is 0 Å². The molecule has 0 spiro atoms. The van der Waals surface area contributed by atoms with Crippen LogP contribution in [0.2, 0.25) is 5.02 Å². The quantitative estimate of drug-likeness (QED) is 0.525. The lowest BCUT2D eigenvalue weighted by atomic mass is 10.1. The Labute approximate surface area is 174 Å². The van der Waals surface area contributed by atoms with Crippen LogP contribution in [0, 0.1) is 0 Å². The molecule has 2 aromatic carbocycles. The van der Waals surface area contributed by atoms with Crippen LogP contribution in [0.3, 0.4) is 0 Å². The van der Waals surface area contributed by atoms with E-state index in [2.05, 4.69) is 40.7 Å². The molecule has 0 saturated carbocycles. The minimum Gasteiger partial charge on any atom is -0.291 e. The molecule has 4 rings (SSSR count). The molecule has 7 heteroatoms. The first-order chi connectivity index (χ1) is 13.4. The van der Waals surface area contributed by atoms with Crippen molar-refractivity contribution in [3.05, 3.63) is 65.7 Å². The number of aromatic nitrogens is 1. The van der Waals surface area contributed by atoms with Gasteiger partial charge in [0.15, 0.2) is 9.84 Å². The highest BCUT2D eigenvalue weighted by atomic mass is 35.5. The summed E-state index contributed by atoms with van der Waals surface area (Å²) in [5.41, 5.74) is 3.12. The minimum atomic E-state index is -2.90. The third kappa shape index (κ3) is 4.15. The van der Waals surface area contributed by atoms with Gasteiger partial charge in [-0.2, -0.15) is 0 Å². The average molecular weight is 433 g/mol. The third-order valence-electron chi connectivity index (χ3n) is 5.04. The van der Waals surface area contributed by atoms with E-state index in [4.69, 9.17) is 11.6 Å². The van der Waals surface area contributed by atoms with Crippen LogP contribution in [0.4, 0.5) is 0 Å². The van der Waals surface area contributed by atoms with Crippen LogP contribution in [-0.2, 0) is 16.4 Å². The van der Waals surface area contributed by atoms with Gasteiger partial charge in [0.05, 0.1) is 26.7 Å². The zero-order chi connectivity index (χ0) is 19.7. The number of fused-ring (bicyclic) bond motifs is 1. The first-order valence-corrected chi connectivity index (χ1v) is 12.2. The van der Waals surface area contributed by atoms with Gasteiger partial charge in [-0.25, -0.2) is 13.4 Å². The maximum atomic E-state index is 11.8. The summed E-state index contributed by atoms with van der Waals surface area (Å²) in [5, 5.41) is 1.67. The molecule has 1 aliphatic rings. The number of nitrogens with zero attached hydrogens (tertiary/aromatic N) is 2. The van der Waals surface area contributed by atoms with Crippen molar-refractivity contribution >= 4 is 43.0 Å². The number of thiazole rings is 1. The molecule has 28 heavy (non-hydrogen) atoms. The zero-order valence-electron chi connectivity index (χ0n) is 15.3. The van der Waals surface area contributed by atoms with E-state index in [0.717, 1.165) is 31.4 Å². The van der Waals surface area contributed by atoms with Crippen LogP contribution < -0.4 is 0 Å². The van der Waals surface area contributed by atoms with Gasteiger partial charge in [-0.15, -0.1) is 17.9 Å². The lowest BCUT2D eigenvalue weighted by Gasteiger charge is -2.26. The van der Waals surface area contributed by atoms with E-state index in [-0.39, 0.29) is 17.5 Å². The van der Waals surface area contributed by atoms with Crippen molar-refractivity contribution in [2.45, 2.75) is 19.0 Å². The molecule has 146 valence electrons. The summed E-state index contributed by atoms with van der Waals surface area (Å²) in [4.78, 5) is 6.88. The van der Waals surface area contributed by atoms with Gasteiger partial charge >= 0.3 is 0 Å². The smallest absolute Gasteiger partial charge is 0.151 e. The maximum Gasteiger partial charge on any atom is 0.151 e. The first kappa shape index (κ1) is 19.6. The summed E-state index contributed by atoms with van der Waals surface area (Å²) in [6.07, 6.45) is 2.53. The van der Waals surface area contributed by atoms with Gasteiger partial charge < -0.3 is 0 Å². The molecule has 1 saturated heterocycles. The molecular formula is C21H21ClN2O2S2. The molecule has 0 bridgehead atoms. The van der Waals surface area contributed by atoms with Crippen LogP contribution in [0.5, 0.6) is 0 Å². The van der Waals surface area contributed by atoms with Crippen molar-refractivity contribution in [2.75, 3.05) is 18.1 Å². The fraction of sp³-hybridized carbons (Fsp3) is 0.286. The molecule has 0 aliphatic carbocycles. The lowest BCUT2D eigenvalue weighted by Crippen LogP contribution is -2.35. The Morgan fingerprint density at radius 3 is 2.68 bits per heavy atom. The molecule has 4 nitrogen and oxygen atoms in total. The average Bonchev–Trinajstić information content (AvgIpc) is 3.26. The monoisotopic (exact) mass is 432 g/mol. The van der Waals surface area contributed by atoms with Crippen molar-refractivity contribution in [1.82, 2.24) is 9.88 Å². The fourth-order valence-electron chi connectivity index (χ4n) is 3.60. The van der Waals surface area contributed by atoms with E-state index in [1.807, 2.05) is 24.3 Å². The summed E-state index contributed by atoms with van der Waals surface area (Å²) < 4.78 is 24.7. The van der Waals surface area contributed by atoms with Crippen LogP contribution in [-0.4, -0.2) is 42.4 Å². The van der Waals surface area contributed by atoms with Gasteiger partial charge in [0, 0.05) is 24.7 Å². The van der Waals surface area contributed by atoms with Gasteiger partial charge in [-0.1, -0.05) is 48.0 Å². The van der Waals surface area contributed by atoms with E-state index in [1.54, 1.807) is 11.3 Å². The Kier molecular flexibility index (Phi) is 5.56. The summed E-state index contributed by atoms with van der Waals surface area (Å²) in [6, 6.07) is 14.1. The molecule has 1 fully saturated rings. The van der Waals surface area contributed by atoms with Crippen molar-refractivity contribution < 1.29 is 8.42 Å². The van der Waals surface area contributed by atoms with Gasteiger partial charge in [0.1, 0.15) is 5.01 Å².